The Balaban J connectivity index is 1.95. The van der Waals surface area contributed by atoms with Crippen LogP contribution >= 0.6 is 0 Å². The van der Waals surface area contributed by atoms with Crippen LogP contribution in [0.2, 0.25) is 0 Å². The monoisotopic (exact) mass is 292 g/mol. The van der Waals surface area contributed by atoms with Crippen molar-refractivity contribution in [2.75, 3.05) is 39.3 Å². The highest BCUT2D eigenvalue weighted by Gasteiger charge is 2.14. The van der Waals surface area contributed by atoms with Gasteiger partial charge in [0.2, 0.25) is 0 Å². The molecule has 0 amide bonds. The van der Waals surface area contributed by atoms with E-state index in [0.29, 0.717) is 0 Å². The molecule has 6 nitrogen and oxygen atoms in total. The fourth-order valence-corrected chi connectivity index (χ4v) is 2.69. The molecule has 2 rings (SSSR count). The van der Waals surface area contributed by atoms with Crippen LogP contribution in [0.25, 0.3) is 0 Å². The first-order chi connectivity index (χ1) is 10.2. The molecule has 0 unspecified atom stereocenters. The number of β-amino-alcohol motifs (C(OH)–C–C–N with tert-alkyl or cyclic N) is 1. The molecule has 1 saturated heterocycles. The third-order valence-electron chi connectivity index (χ3n) is 3.83. The van der Waals surface area contributed by atoms with Gasteiger partial charge in [0, 0.05) is 31.7 Å². The minimum Gasteiger partial charge on any atom is -0.409 e. The van der Waals surface area contributed by atoms with Gasteiger partial charge in [-0.25, -0.2) is 0 Å². The summed E-state index contributed by atoms with van der Waals surface area (Å²) in [4.78, 5) is 4.70. The van der Waals surface area contributed by atoms with Crippen LogP contribution in [0.3, 0.4) is 0 Å². The second-order valence-corrected chi connectivity index (χ2v) is 5.38. The molecule has 1 heterocycles. The second kappa shape index (κ2) is 7.97. The maximum atomic E-state index is 9.02. The maximum absolute atomic E-state index is 9.02. The Morgan fingerprint density at radius 2 is 1.95 bits per heavy atom. The molecule has 1 aliphatic heterocycles. The van der Waals surface area contributed by atoms with Gasteiger partial charge in [-0.3, -0.25) is 9.80 Å². The van der Waals surface area contributed by atoms with Crippen molar-refractivity contribution >= 4 is 5.84 Å². The normalized spacial score (nSPS) is 18.6. The van der Waals surface area contributed by atoms with Gasteiger partial charge in [0.25, 0.3) is 0 Å². The van der Waals surface area contributed by atoms with E-state index in [-0.39, 0.29) is 12.4 Å². The SMILES string of the molecule is N/C(=N/O)c1cccc(CN2CCCN(CCO)CC2)c1. The van der Waals surface area contributed by atoms with E-state index in [1.54, 1.807) is 0 Å². The summed E-state index contributed by atoms with van der Waals surface area (Å²) in [5.41, 5.74) is 7.53. The summed E-state index contributed by atoms with van der Waals surface area (Å²) in [5, 5.41) is 20.8. The number of amidine groups is 1. The highest BCUT2D eigenvalue weighted by Crippen LogP contribution is 2.11. The fourth-order valence-electron chi connectivity index (χ4n) is 2.69. The van der Waals surface area contributed by atoms with Crippen molar-refractivity contribution in [2.45, 2.75) is 13.0 Å². The van der Waals surface area contributed by atoms with E-state index >= 15 is 0 Å². The molecule has 1 fully saturated rings. The number of rotatable bonds is 5. The molecule has 6 heteroatoms. The van der Waals surface area contributed by atoms with Crippen LogP contribution in [0, 0.1) is 0 Å². The van der Waals surface area contributed by atoms with Crippen molar-refractivity contribution < 1.29 is 10.3 Å². The Labute approximate surface area is 125 Å². The third kappa shape index (κ3) is 4.70. The molecule has 4 N–H and O–H groups in total. The summed E-state index contributed by atoms with van der Waals surface area (Å²) >= 11 is 0. The molecule has 116 valence electrons. The van der Waals surface area contributed by atoms with E-state index in [4.69, 9.17) is 16.0 Å². The van der Waals surface area contributed by atoms with Crippen LogP contribution in [0.4, 0.5) is 0 Å². The van der Waals surface area contributed by atoms with Crippen LogP contribution in [0.15, 0.2) is 29.4 Å². The lowest BCUT2D eigenvalue weighted by molar-refractivity contribution is 0.196. The Kier molecular flexibility index (Phi) is 5.98. The smallest absolute Gasteiger partial charge is 0.170 e. The number of hydrogen-bond donors (Lipinski definition) is 3. The van der Waals surface area contributed by atoms with Crippen molar-refractivity contribution in [3.8, 4) is 0 Å². The molecule has 1 aromatic carbocycles. The molecule has 0 spiro atoms. The first-order valence-corrected chi connectivity index (χ1v) is 7.35. The number of oxime groups is 1. The Bertz CT molecular complexity index is 478. The van der Waals surface area contributed by atoms with Gasteiger partial charge >= 0.3 is 0 Å². The Morgan fingerprint density at radius 1 is 1.19 bits per heavy atom. The summed E-state index contributed by atoms with van der Waals surface area (Å²) in [6, 6.07) is 7.79. The number of benzene rings is 1. The molecule has 0 saturated carbocycles. The van der Waals surface area contributed by atoms with Gasteiger partial charge in [-0.15, -0.1) is 0 Å². The van der Waals surface area contributed by atoms with Crippen LogP contribution in [0.5, 0.6) is 0 Å². The first kappa shape index (κ1) is 15.8. The van der Waals surface area contributed by atoms with Gasteiger partial charge in [0.1, 0.15) is 0 Å². The largest absolute Gasteiger partial charge is 0.409 e. The minimum atomic E-state index is 0.141. The summed E-state index contributed by atoms with van der Waals surface area (Å²) in [5.74, 6) is 0.141. The average molecular weight is 292 g/mol. The van der Waals surface area contributed by atoms with Crippen LogP contribution in [-0.4, -0.2) is 65.3 Å². The Morgan fingerprint density at radius 3 is 2.71 bits per heavy atom. The fraction of sp³-hybridized carbons (Fsp3) is 0.533. The van der Waals surface area contributed by atoms with Gasteiger partial charge in [0.15, 0.2) is 5.84 Å². The van der Waals surface area contributed by atoms with Crippen molar-refractivity contribution in [3.05, 3.63) is 35.4 Å². The lowest BCUT2D eigenvalue weighted by atomic mass is 10.1. The number of aliphatic hydroxyl groups excluding tert-OH is 1. The molecule has 1 aromatic rings. The molecule has 0 radical (unpaired) electrons. The third-order valence-corrected chi connectivity index (χ3v) is 3.83. The quantitative estimate of drug-likeness (QED) is 0.314. The van der Waals surface area contributed by atoms with E-state index in [2.05, 4.69) is 21.0 Å². The molecule has 0 bridgehead atoms. The minimum absolute atomic E-state index is 0.141. The van der Waals surface area contributed by atoms with E-state index in [1.165, 1.54) is 0 Å². The van der Waals surface area contributed by atoms with Crippen molar-refractivity contribution in [3.63, 3.8) is 0 Å². The lowest BCUT2D eigenvalue weighted by Gasteiger charge is -2.21. The number of nitrogens with two attached hydrogens (primary N) is 1. The lowest BCUT2D eigenvalue weighted by Crippen LogP contribution is -2.32. The van der Waals surface area contributed by atoms with Crippen LogP contribution in [0.1, 0.15) is 17.5 Å². The topological polar surface area (TPSA) is 85.3 Å². The molecule has 21 heavy (non-hydrogen) atoms. The zero-order chi connectivity index (χ0) is 15.1. The summed E-state index contributed by atoms with van der Waals surface area (Å²) in [6.45, 7) is 5.92. The highest BCUT2D eigenvalue weighted by atomic mass is 16.4. The zero-order valence-electron chi connectivity index (χ0n) is 12.3. The molecular weight excluding hydrogens is 268 g/mol. The summed E-state index contributed by atoms with van der Waals surface area (Å²) in [7, 11) is 0. The first-order valence-electron chi connectivity index (χ1n) is 7.35. The molecule has 1 aliphatic rings. The number of hydrogen-bond acceptors (Lipinski definition) is 5. The van der Waals surface area contributed by atoms with E-state index in [0.717, 1.165) is 56.8 Å². The molecule has 0 aromatic heterocycles. The maximum Gasteiger partial charge on any atom is 0.170 e. The predicted molar refractivity (Wildman–Crippen MR) is 82.4 cm³/mol. The van der Waals surface area contributed by atoms with Crippen molar-refractivity contribution in [1.82, 2.24) is 9.80 Å². The number of nitrogens with zero attached hydrogens (tertiary/aromatic N) is 3. The van der Waals surface area contributed by atoms with Gasteiger partial charge in [-0.2, -0.15) is 0 Å². The molecule has 0 aliphatic carbocycles. The summed E-state index contributed by atoms with van der Waals surface area (Å²) < 4.78 is 0. The van der Waals surface area contributed by atoms with Gasteiger partial charge in [-0.05, 0) is 31.1 Å². The highest BCUT2D eigenvalue weighted by molar-refractivity contribution is 5.97. The van der Waals surface area contributed by atoms with E-state index < -0.39 is 0 Å². The van der Waals surface area contributed by atoms with Crippen LogP contribution in [-0.2, 0) is 6.54 Å². The zero-order valence-corrected chi connectivity index (χ0v) is 12.3. The average Bonchev–Trinajstić information content (AvgIpc) is 2.73. The summed E-state index contributed by atoms with van der Waals surface area (Å²) in [6.07, 6.45) is 1.11. The Hall–Kier alpha value is -1.63. The molecule has 0 atom stereocenters. The second-order valence-electron chi connectivity index (χ2n) is 5.38. The van der Waals surface area contributed by atoms with Gasteiger partial charge in [0.05, 0.1) is 6.61 Å². The van der Waals surface area contributed by atoms with Crippen molar-refractivity contribution in [2.24, 2.45) is 10.9 Å². The predicted octanol–water partition coefficient (Wildman–Crippen LogP) is 0.281. The molecular formula is C15H24N4O2. The van der Waals surface area contributed by atoms with Crippen molar-refractivity contribution in [1.29, 1.82) is 0 Å². The van der Waals surface area contributed by atoms with Gasteiger partial charge in [-0.1, -0.05) is 23.4 Å². The van der Waals surface area contributed by atoms with Crippen LogP contribution < -0.4 is 5.73 Å². The van der Waals surface area contributed by atoms with Gasteiger partial charge < -0.3 is 16.0 Å². The number of aliphatic hydroxyl groups is 1. The standard InChI is InChI=1S/C15H24N4O2/c16-15(17-21)14-4-1-3-13(11-14)12-19-6-2-5-18(7-8-19)9-10-20/h1,3-4,11,20-21H,2,5-10,12H2,(H2,16,17). The van der Waals surface area contributed by atoms with E-state index in [9.17, 15) is 0 Å². The van der Waals surface area contributed by atoms with E-state index in [1.807, 2.05) is 18.2 Å².